The first-order valence-electron chi connectivity index (χ1n) is 10.3. The summed E-state index contributed by atoms with van der Waals surface area (Å²) < 4.78 is 57.5. The van der Waals surface area contributed by atoms with Gasteiger partial charge in [0, 0.05) is 10.4 Å². The lowest BCUT2D eigenvalue weighted by Gasteiger charge is -2.12. The predicted molar refractivity (Wildman–Crippen MR) is 125 cm³/mol. The molecule has 0 unspecified atom stereocenters. The van der Waals surface area contributed by atoms with Crippen LogP contribution < -0.4 is 10.4 Å². The first-order chi connectivity index (χ1) is 16.0. The molecule has 1 aromatic carbocycles. The van der Waals surface area contributed by atoms with Crippen LogP contribution in [0.1, 0.15) is 46.8 Å². The number of sulfonamides is 1. The Labute approximate surface area is 201 Å². The maximum atomic E-state index is 13.5. The van der Waals surface area contributed by atoms with Crippen molar-refractivity contribution < 1.29 is 17.2 Å². The Morgan fingerprint density at radius 2 is 1.91 bits per heavy atom. The molecule has 34 heavy (non-hydrogen) atoms. The molecule has 0 aliphatic heterocycles. The number of benzene rings is 1. The second-order valence-corrected chi connectivity index (χ2v) is 12.4. The molecule has 3 aromatic heterocycles. The molecule has 1 aliphatic carbocycles. The maximum Gasteiger partial charge on any atom is 0.335 e. The lowest BCUT2D eigenvalue weighted by atomic mass is 10.3. The zero-order chi connectivity index (χ0) is 24.4. The second-order valence-electron chi connectivity index (χ2n) is 8.49. The van der Waals surface area contributed by atoms with Crippen molar-refractivity contribution in [1.29, 1.82) is 0 Å². The summed E-state index contributed by atoms with van der Waals surface area (Å²) >= 11 is 2.04. The fourth-order valence-corrected chi connectivity index (χ4v) is 6.80. The van der Waals surface area contributed by atoms with Gasteiger partial charge in [-0.15, -0.1) is 21.5 Å². The molecule has 14 heteroatoms. The van der Waals surface area contributed by atoms with Gasteiger partial charge in [0.15, 0.2) is 5.01 Å². The number of thiazole rings is 1. The Kier molecular flexibility index (Phi) is 5.46. The van der Waals surface area contributed by atoms with Crippen molar-refractivity contribution >= 4 is 43.7 Å². The van der Waals surface area contributed by atoms with E-state index >= 15 is 0 Å². The molecule has 4 aromatic rings. The first kappa shape index (κ1) is 23.2. The minimum absolute atomic E-state index is 0.0255. The van der Waals surface area contributed by atoms with Crippen LogP contribution in [-0.4, -0.2) is 38.3 Å². The van der Waals surface area contributed by atoms with Crippen LogP contribution in [0, 0.1) is 13.8 Å². The predicted octanol–water partition coefficient (Wildman–Crippen LogP) is 3.53. The van der Waals surface area contributed by atoms with Crippen LogP contribution in [0.5, 0.6) is 0 Å². The molecule has 0 atom stereocenters. The van der Waals surface area contributed by atoms with Crippen molar-refractivity contribution in [3.8, 4) is 5.13 Å². The van der Waals surface area contributed by atoms with Crippen LogP contribution in [0.3, 0.4) is 0 Å². The third kappa shape index (κ3) is 4.08. The molecule has 1 saturated carbocycles. The summed E-state index contributed by atoms with van der Waals surface area (Å²) in [6.45, 7) is 5.73. The molecule has 1 N–H and O–H groups in total. The van der Waals surface area contributed by atoms with Crippen LogP contribution in [0.2, 0.25) is 0 Å². The first-order valence-corrected chi connectivity index (χ1v) is 13.4. The highest BCUT2D eigenvalue weighted by Gasteiger charge is 2.41. The average molecular weight is 527 g/mol. The Balaban J connectivity index is 1.70. The summed E-state index contributed by atoms with van der Waals surface area (Å²) in [7, 11) is -3.86. The van der Waals surface area contributed by atoms with E-state index in [1.165, 1.54) is 28.0 Å². The molecule has 0 amide bonds. The Morgan fingerprint density at radius 1 is 1.18 bits per heavy atom. The SMILES string of the molecule is Cc1nc(C)c(Cn2c(=O)n(-c3nnc(C(F)F)s3)c3cc(S(=O)(=O)NC4(C)CC4)ccc32)s1. The zero-order valence-electron chi connectivity index (χ0n) is 18.4. The summed E-state index contributed by atoms with van der Waals surface area (Å²) in [6, 6.07) is 4.36. The van der Waals surface area contributed by atoms with Crippen LogP contribution in [0.4, 0.5) is 8.78 Å². The van der Waals surface area contributed by atoms with Crippen molar-refractivity contribution in [2.75, 3.05) is 0 Å². The van der Waals surface area contributed by atoms with Gasteiger partial charge in [-0.3, -0.25) is 4.57 Å². The highest BCUT2D eigenvalue weighted by Crippen LogP contribution is 2.36. The highest BCUT2D eigenvalue weighted by atomic mass is 32.2. The molecule has 1 fully saturated rings. The lowest BCUT2D eigenvalue weighted by molar-refractivity contribution is 0.150. The molecule has 0 radical (unpaired) electrons. The van der Waals surface area contributed by atoms with Crippen LogP contribution >= 0.6 is 22.7 Å². The summed E-state index contributed by atoms with van der Waals surface area (Å²) in [5, 5.41) is 7.54. The number of nitrogens with one attached hydrogen (secondary N) is 1. The van der Waals surface area contributed by atoms with E-state index < -0.39 is 32.7 Å². The van der Waals surface area contributed by atoms with Crippen molar-refractivity contribution in [3.05, 3.63) is 49.3 Å². The molecule has 180 valence electrons. The molecular weight excluding hydrogens is 506 g/mol. The normalized spacial score (nSPS) is 15.5. The van der Waals surface area contributed by atoms with E-state index in [9.17, 15) is 22.0 Å². The number of rotatable bonds is 7. The number of hydrogen-bond donors (Lipinski definition) is 1. The largest absolute Gasteiger partial charge is 0.335 e. The number of aryl methyl sites for hydroxylation is 2. The molecule has 3 heterocycles. The van der Waals surface area contributed by atoms with Crippen molar-refractivity contribution in [2.45, 2.75) is 57.0 Å². The molecule has 0 saturated heterocycles. The van der Waals surface area contributed by atoms with E-state index in [-0.39, 0.29) is 22.1 Å². The molecule has 0 bridgehead atoms. The summed E-state index contributed by atoms with van der Waals surface area (Å²) in [4.78, 5) is 18.7. The Hall–Kier alpha value is -2.55. The summed E-state index contributed by atoms with van der Waals surface area (Å²) in [5.41, 5.74) is 0.457. The highest BCUT2D eigenvalue weighted by molar-refractivity contribution is 7.89. The number of alkyl halides is 2. The van der Waals surface area contributed by atoms with Gasteiger partial charge >= 0.3 is 5.69 Å². The zero-order valence-corrected chi connectivity index (χ0v) is 20.8. The van der Waals surface area contributed by atoms with Crippen molar-refractivity contribution in [3.63, 3.8) is 0 Å². The standard InChI is InChI=1S/C20H20F2N6O3S3/c1-10-15(32-11(2)23-10)9-27-13-5-4-12(34(30,31)26-20(3)6-7-20)8-14(13)28(19(27)29)18-25-24-17(33-18)16(21)22/h4-5,8,16,26H,6-7,9H2,1-3H3. The van der Waals surface area contributed by atoms with E-state index in [0.717, 1.165) is 33.0 Å². The van der Waals surface area contributed by atoms with Crippen molar-refractivity contribution in [1.82, 2.24) is 29.0 Å². The fraction of sp³-hybridized carbons (Fsp3) is 0.400. The van der Waals surface area contributed by atoms with Gasteiger partial charge in [0.25, 0.3) is 6.43 Å². The summed E-state index contributed by atoms with van der Waals surface area (Å²) in [5.74, 6) is 0. The van der Waals surface area contributed by atoms with Gasteiger partial charge in [-0.05, 0) is 51.8 Å². The van der Waals surface area contributed by atoms with E-state index in [1.807, 2.05) is 20.8 Å². The number of aromatic nitrogens is 5. The van der Waals surface area contributed by atoms with Crippen molar-refractivity contribution in [2.24, 2.45) is 0 Å². The third-order valence-corrected chi connectivity index (χ3v) is 9.31. The minimum atomic E-state index is -3.86. The summed E-state index contributed by atoms with van der Waals surface area (Å²) in [6.07, 6.45) is -1.35. The quantitative estimate of drug-likeness (QED) is 0.394. The number of nitrogens with zero attached hydrogens (tertiary/aromatic N) is 5. The number of fused-ring (bicyclic) bond motifs is 1. The average Bonchev–Trinajstić information content (AvgIpc) is 3.09. The smallest absolute Gasteiger partial charge is 0.286 e. The van der Waals surface area contributed by atoms with E-state index in [1.54, 1.807) is 6.07 Å². The molecule has 0 spiro atoms. The molecule has 5 rings (SSSR count). The molecule has 1 aliphatic rings. The fourth-order valence-electron chi connectivity index (χ4n) is 3.68. The van der Waals surface area contributed by atoms with Gasteiger partial charge in [-0.25, -0.2) is 36.3 Å². The van der Waals surface area contributed by atoms with Gasteiger partial charge < -0.3 is 0 Å². The minimum Gasteiger partial charge on any atom is -0.286 e. The van der Waals surface area contributed by atoms with Crippen LogP contribution in [0.25, 0.3) is 16.2 Å². The van der Waals surface area contributed by atoms with Crippen LogP contribution in [-0.2, 0) is 16.6 Å². The molecule has 9 nitrogen and oxygen atoms in total. The number of hydrogen-bond acceptors (Lipinski definition) is 8. The van der Waals surface area contributed by atoms with Gasteiger partial charge in [-0.2, -0.15) is 0 Å². The second kappa shape index (κ2) is 8.00. The van der Waals surface area contributed by atoms with Crippen LogP contribution in [0.15, 0.2) is 27.9 Å². The van der Waals surface area contributed by atoms with Gasteiger partial charge in [0.05, 0.1) is 33.2 Å². The van der Waals surface area contributed by atoms with Gasteiger partial charge in [0.2, 0.25) is 15.2 Å². The number of imidazole rings is 1. The van der Waals surface area contributed by atoms with E-state index in [0.29, 0.717) is 16.9 Å². The monoisotopic (exact) mass is 526 g/mol. The maximum absolute atomic E-state index is 13.5. The topological polar surface area (TPSA) is 112 Å². The lowest BCUT2D eigenvalue weighted by Crippen LogP contribution is -2.34. The van der Waals surface area contributed by atoms with Gasteiger partial charge in [-0.1, -0.05) is 11.3 Å². The number of halogens is 2. The van der Waals surface area contributed by atoms with Gasteiger partial charge in [0.1, 0.15) is 0 Å². The molecular formula is C20H20F2N6O3S3. The van der Waals surface area contributed by atoms with E-state index in [2.05, 4.69) is 19.9 Å². The Bertz CT molecular complexity index is 1580. The Morgan fingerprint density at radius 3 is 2.50 bits per heavy atom. The van der Waals surface area contributed by atoms with E-state index in [4.69, 9.17) is 0 Å². The third-order valence-electron chi connectivity index (χ3n) is 5.70.